The van der Waals surface area contributed by atoms with Crippen LogP contribution in [-0.2, 0) is 4.79 Å². The van der Waals surface area contributed by atoms with E-state index >= 15 is 0 Å². The Labute approximate surface area is 113 Å². The number of aliphatic carboxylic acids is 1. The topological polar surface area (TPSA) is 69.6 Å². The van der Waals surface area contributed by atoms with Crippen LogP contribution >= 0.6 is 0 Å². The normalized spacial score (nSPS) is 10.2. The summed E-state index contributed by atoms with van der Waals surface area (Å²) in [6.07, 6.45) is -0.257. The van der Waals surface area contributed by atoms with E-state index < -0.39 is 29.5 Å². The van der Waals surface area contributed by atoms with Gasteiger partial charge >= 0.3 is 12.0 Å². The number of anilines is 1. The van der Waals surface area contributed by atoms with Crippen LogP contribution in [0.4, 0.5) is 23.7 Å². The first-order valence-electron chi connectivity index (χ1n) is 5.77. The van der Waals surface area contributed by atoms with Crippen LogP contribution in [0.15, 0.2) is 12.1 Å². The molecule has 8 heteroatoms. The molecule has 2 amide bonds. The zero-order valence-corrected chi connectivity index (χ0v) is 10.6. The molecule has 0 aliphatic rings. The third-order valence-electron chi connectivity index (χ3n) is 2.50. The van der Waals surface area contributed by atoms with Gasteiger partial charge in [-0.3, -0.25) is 4.79 Å². The van der Waals surface area contributed by atoms with Gasteiger partial charge in [-0.05, 0) is 6.92 Å². The fourth-order valence-corrected chi connectivity index (χ4v) is 1.46. The van der Waals surface area contributed by atoms with Crippen molar-refractivity contribution in [2.24, 2.45) is 0 Å². The molecule has 20 heavy (non-hydrogen) atoms. The monoisotopic (exact) mass is 290 g/mol. The molecule has 2 N–H and O–H groups in total. The number of rotatable bonds is 5. The zero-order valence-electron chi connectivity index (χ0n) is 10.6. The summed E-state index contributed by atoms with van der Waals surface area (Å²) in [6.45, 7) is 1.78. The molecule has 0 aromatic heterocycles. The standard InChI is InChI=1S/C12H13F3N2O3/c1-2-17(4-3-10(18)19)12(20)16-7-5-8(13)11(15)9(14)6-7/h5-6H,2-4H2,1H3,(H,16,20)(H,18,19). The maximum absolute atomic E-state index is 13.0. The number of carbonyl (C=O) groups is 2. The third kappa shape index (κ3) is 4.15. The summed E-state index contributed by atoms with van der Waals surface area (Å²) in [5.41, 5.74) is -0.250. The van der Waals surface area contributed by atoms with E-state index in [1.165, 1.54) is 0 Å². The molecular formula is C12H13F3N2O3. The van der Waals surface area contributed by atoms with Crippen molar-refractivity contribution in [2.45, 2.75) is 13.3 Å². The van der Waals surface area contributed by atoms with Crippen molar-refractivity contribution in [3.8, 4) is 0 Å². The highest BCUT2D eigenvalue weighted by atomic mass is 19.2. The van der Waals surface area contributed by atoms with Gasteiger partial charge in [-0.15, -0.1) is 0 Å². The minimum absolute atomic E-state index is 0.0518. The van der Waals surface area contributed by atoms with E-state index in [1.54, 1.807) is 6.92 Å². The van der Waals surface area contributed by atoms with Crippen LogP contribution in [0.2, 0.25) is 0 Å². The predicted octanol–water partition coefficient (Wildman–Crippen LogP) is 2.43. The fraction of sp³-hybridized carbons (Fsp3) is 0.333. The number of carbonyl (C=O) groups excluding carboxylic acids is 1. The zero-order chi connectivity index (χ0) is 15.3. The van der Waals surface area contributed by atoms with Crippen LogP contribution in [0.1, 0.15) is 13.3 Å². The summed E-state index contributed by atoms with van der Waals surface area (Å²) in [5.74, 6) is -5.54. The molecular weight excluding hydrogens is 277 g/mol. The van der Waals surface area contributed by atoms with Crippen molar-refractivity contribution >= 4 is 17.7 Å². The van der Waals surface area contributed by atoms with Crippen molar-refractivity contribution < 1.29 is 27.9 Å². The number of benzene rings is 1. The van der Waals surface area contributed by atoms with E-state index in [2.05, 4.69) is 5.32 Å². The Hall–Kier alpha value is -2.25. The molecule has 0 unspecified atom stereocenters. The van der Waals surface area contributed by atoms with Gasteiger partial charge in [0.25, 0.3) is 0 Å². The largest absolute Gasteiger partial charge is 0.481 e. The van der Waals surface area contributed by atoms with E-state index in [4.69, 9.17) is 5.11 Å². The van der Waals surface area contributed by atoms with Gasteiger partial charge in [0.1, 0.15) is 0 Å². The summed E-state index contributed by atoms with van der Waals surface area (Å²) in [6, 6.07) is 0.557. The first kappa shape index (κ1) is 15.8. The molecule has 0 fully saturated rings. The number of hydrogen-bond acceptors (Lipinski definition) is 2. The molecule has 0 atom stereocenters. The number of nitrogens with zero attached hydrogens (tertiary/aromatic N) is 1. The minimum atomic E-state index is -1.62. The molecule has 0 radical (unpaired) electrons. The van der Waals surface area contributed by atoms with Crippen molar-refractivity contribution in [1.82, 2.24) is 4.90 Å². The lowest BCUT2D eigenvalue weighted by molar-refractivity contribution is -0.137. The van der Waals surface area contributed by atoms with E-state index in [1.807, 2.05) is 0 Å². The van der Waals surface area contributed by atoms with Gasteiger partial charge < -0.3 is 15.3 Å². The van der Waals surface area contributed by atoms with E-state index in [9.17, 15) is 22.8 Å². The van der Waals surface area contributed by atoms with Crippen molar-refractivity contribution in [3.05, 3.63) is 29.6 Å². The SMILES string of the molecule is CCN(CCC(=O)O)C(=O)Nc1cc(F)c(F)c(F)c1. The average molecular weight is 290 g/mol. The summed E-state index contributed by atoms with van der Waals surface area (Å²) in [7, 11) is 0. The Morgan fingerprint density at radius 2 is 1.80 bits per heavy atom. The van der Waals surface area contributed by atoms with Crippen LogP contribution in [0.25, 0.3) is 0 Å². The third-order valence-corrected chi connectivity index (χ3v) is 2.50. The van der Waals surface area contributed by atoms with Crippen molar-refractivity contribution in [3.63, 3.8) is 0 Å². The number of carboxylic acids is 1. The molecule has 5 nitrogen and oxygen atoms in total. The maximum atomic E-state index is 13.0. The number of hydrogen-bond donors (Lipinski definition) is 2. The molecule has 0 bridgehead atoms. The fourth-order valence-electron chi connectivity index (χ4n) is 1.46. The molecule has 0 spiro atoms. The van der Waals surface area contributed by atoms with E-state index in [0.29, 0.717) is 12.1 Å². The Morgan fingerprint density at radius 1 is 1.25 bits per heavy atom. The van der Waals surface area contributed by atoms with Crippen LogP contribution in [-0.4, -0.2) is 35.1 Å². The molecule has 110 valence electrons. The predicted molar refractivity (Wildman–Crippen MR) is 64.8 cm³/mol. The van der Waals surface area contributed by atoms with Crippen LogP contribution in [0.5, 0.6) is 0 Å². The van der Waals surface area contributed by atoms with Gasteiger partial charge in [0, 0.05) is 30.9 Å². The second-order valence-electron chi connectivity index (χ2n) is 3.91. The lowest BCUT2D eigenvalue weighted by Gasteiger charge is -2.20. The van der Waals surface area contributed by atoms with E-state index in [0.717, 1.165) is 4.90 Å². The molecule has 1 rings (SSSR count). The number of urea groups is 1. The first-order valence-corrected chi connectivity index (χ1v) is 5.77. The highest BCUT2D eigenvalue weighted by Gasteiger charge is 2.16. The molecule has 1 aromatic carbocycles. The maximum Gasteiger partial charge on any atom is 0.321 e. The van der Waals surface area contributed by atoms with Gasteiger partial charge in [-0.25, -0.2) is 18.0 Å². The second kappa shape index (κ2) is 6.78. The highest BCUT2D eigenvalue weighted by Crippen LogP contribution is 2.17. The Balaban J connectivity index is 2.76. The van der Waals surface area contributed by atoms with E-state index in [-0.39, 0.29) is 25.2 Å². The molecule has 0 aliphatic heterocycles. The van der Waals surface area contributed by atoms with Crippen LogP contribution < -0.4 is 5.32 Å². The van der Waals surface area contributed by atoms with Gasteiger partial charge in [0.15, 0.2) is 17.5 Å². The summed E-state index contributed by atoms with van der Waals surface area (Å²) < 4.78 is 38.7. The Morgan fingerprint density at radius 3 is 2.25 bits per heavy atom. The van der Waals surface area contributed by atoms with Crippen LogP contribution in [0, 0.1) is 17.5 Å². The van der Waals surface area contributed by atoms with Crippen molar-refractivity contribution in [2.75, 3.05) is 18.4 Å². The number of halogens is 3. The molecule has 0 aliphatic carbocycles. The number of amides is 2. The lowest BCUT2D eigenvalue weighted by atomic mass is 10.3. The number of nitrogens with one attached hydrogen (secondary N) is 1. The lowest BCUT2D eigenvalue weighted by Crippen LogP contribution is -2.36. The van der Waals surface area contributed by atoms with Crippen LogP contribution in [0.3, 0.4) is 0 Å². The summed E-state index contributed by atoms with van der Waals surface area (Å²) in [4.78, 5) is 23.3. The molecule has 0 heterocycles. The Bertz CT molecular complexity index is 500. The number of carboxylic acid groups (broad SMARTS) is 1. The summed E-state index contributed by atoms with van der Waals surface area (Å²) >= 11 is 0. The highest BCUT2D eigenvalue weighted by molar-refractivity contribution is 5.89. The first-order chi connectivity index (χ1) is 9.35. The van der Waals surface area contributed by atoms with Gasteiger partial charge in [-0.2, -0.15) is 0 Å². The van der Waals surface area contributed by atoms with Gasteiger partial charge in [-0.1, -0.05) is 0 Å². The molecule has 1 aromatic rings. The minimum Gasteiger partial charge on any atom is -0.481 e. The molecule has 0 saturated heterocycles. The quantitative estimate of drug-likeness (QED) is 0.818. The smallest absolute Gasteiger partial charge is 0.321 e. The average Bonchev–Trinajstić information content (AvgIpc) is 2.36. The second-order valence-corrected chi connectivity index (χ2v) is 3.91. The summed E-state index contributed by atoms with van der Waals surface area (Å²) in [5, 5.41) is 10.7. The van der Waals surface area contributed by atoms with Gasteiger partial charge in [0.2, 0.25) is 0 Å². The molecule has 0 saturated carbocycles. The Kier molecular flexibility index (Phi) is 5.36. The van der Waals surface area contributed by atoms with Gasteiger partial charge in [0.05, 0.1) is 6.42 Å². The van der Waals surface area contributed by atoms with Crippen molar-refractivity contribution in [1.29, 1.82) is 0 Å².